The van der Waals surface area contributed by atoms with Gasteiger partial charge in [0.05, 0.1) is 11.8 Å². The molecule has 0 amide bonds. The lowest BCUT2D eigenvalue weighted by atomic mass is 9.99. The van der Waals surface area contributed by atoms with Gasteiger partial charge in [-0.25, -0.2) is 0 Å². The summed E-state index contributed by atoms with van der Waals surface area (Å²) in [6.07, 6.45) is 1.07. The van der Waals surface area contributed by atoms with E-state index in [-0.39, 0.29) is 17.8 Å². The van der Waals surface area contributed by atoms with Crippen LogP contribution in [0.3, 0.4) is 0 Å². The van der Waals surface area contributed by atoms with Gasteiger partial charge in [0.1, 0.15) is 5.76 Å². The molecule has 0 heterocycles. The van der Waals surface area contributed by atoms with Gasteiger partial charge in [0.15, 0.2) is 0 Å². The van der Waals surface area contributed by atoms with Crippen LogP contribution in [0.15, 0.2) is 11.3 Å². The first kappa shape index (κ1) is 21.0. The van der Waals surface area contributed by atoms with E-state index >= 15 is 0 Å². The second-order valence-electron chi connectivity index (χ2n) is 5.62. The number of rotatable bonds is 5. The van der Waals surface area contributed by atoms with E-state index in [1.807, 2.05) is 27.7 Å². The maximum atomic E-state index is 11.3. The van der Waals surface area contributed by atoms with Crippen LogP contribution in [0.4, 0.5) is 0 Å². The minimum Gasteiger partial charge on any atom is -0.481 e. The first-order valence-corrected chi connectivity index (χ1v) is 7.16. The number of carboxylic acid groups (broad SMARTS) is 1. The Labute approximate surface area is 123 Å². The molecule has 118 valence electrons. The number of carbonyl (C=O) groups excluding carboxylic acids is 1. The Morgan fingerprint density at radius 1 is 1.00 bits per heavy atom. The largest absolute Gasteiger partial charge is 0.481 e. The average Bonchev–Trinajstić information content (AvgIpc) is 2.36. The molecule has 0 aromatic rings. The summed E-state index contributed by atoms with van der Waals surface area (Å²) in [5, 5.41) is 7.99. The Morgan fingerprint density at radius 3 is 1.65 bits per heavy atom. The standard InChI is InChI=1S/C12H22O2.C4H8O2/c1-7-9(4)10(5)11(6)14-12(13)8(2)3;1-3(2)4(5)6/h8-9H,7H2,1-6H3;3H,1-2H3,(H,5,6). The predicted molar refractivity (Wildman–Crippen MR) is 81.2 cm³/mol. The SMILES string of the molecule is CC(C)C(=O)O.CCC(C)C(C)=C(C)OC(=O)C(C)C. The Morgan fingerprint density at radius 2 is 1.40 bits per heavy atom. The highest BCUT2D eigenvalue weighted by atomic mass is 16.5. The van der Waals surface area contributed by atoms with E-state index < -0.39 is 5.97 Å². The monoisotopic (exact) mass is 286 g/mol. The van der Waals surface area contributed by atoms with Gasteiger partial charge in [0.2, 0.25) is 0 Å². The van der Waals surface area contributed by atoms with Crippen LogP contribution in [0.5, 0.6) is 0 Å². The summed E-state index contributed by atoms with van der Waals surface area (Å²) in [5.41, 5.74) is 1.17. The highest BCUT2D eigenvalue weighted by Gasteiger charge is 2.12. The Bertz CT molecular complexity index is 340. The van der Waals surface area contributed by atoms with Crippen LogP contribution in [0.2, 0.25) is 0 Å². The van der Waals surface area contributed by atoms with E-state index in [9.17, 15) is 9.59 Å². The lowest BCUT2D eigenvalue weighted by molar-refractivity contribution is -0.143. The number of hydrogen-bond donors (Lipinski definition) is 1. The van der Waals surface area contributed by atoms with Crippen molar-refractivity contribution in [2.75, 3.05) is 0 Å². The van der Waals surface area contributed by atoms with Gasteiger partial charge in [-0.15, -0.1) is 0 Å². The van der Waals surface area contributed by atoms with Gasteiger partial charge in [-0.3, -0.25) is 9.59 Å². The van der Waals surface area contributed by atoms with Gasteiger partial charge in [0.25, 0.3) is 0 Å². The summed E-state index contributed by atoms with van der Waals surface area (Å²) in [6, 6.07) is 0. The van der Waals surface area contributed by atoms with Crippen LogP contribution in [0, 0.1) is 17.8 Å². The summed E-state index contributed by atoms with van der Waals surface area (Å²) in [5.74, 6) is 0.0628. The molecule has 0 aliphatic carbocycles. The molecule has 1 N–H and O–H groups in total. The summed E-state index contributed by atoms with van der Waals surface area (Å²) in [6.45, 7) is 15.1. The van der Waals surface area contributed by atoms with Crippen molar-refractivity contribution in [2.45, 2.75) is 61.8 Å². The molecule has 0 aromatic carbocycles. The molecule has 20 heavy (non-hydrogen) atoms. The number of carbonyl (C=O) groups is 2. The van der Waals surface area contributed by atoms with Gasteiger partial charge in [0, 0.05) is 0 Å². The summed E-state index contributed by atoms with van der Waals surface area (Å²) in [4.78, 5) is 21.0. The lowest BCUT2D eigenvalue weighted by Gasteiger charge is -2.14. The van der Waals surface area contributed by atoms with Crippen molar-refractivity contribution in [1.82, 2.24) is 0 Å². The zero-order valence-electron chi connectivity index (χ0n) is 14.1. The molecular formula is C16H30O4. The van der Waals surface area contributed by atoms with E-state index in [1.165, 1.54) is 5.57 Å². The third kappa shape index (κ3) is 9.59. The van der Waals surface area contributed by atoms with Gasteiger partial charge >= 0.3 is 11.9 Å². The Kier molecular flexibility index (Phi) is 11.0. The molecule has 0 spiro atoms. The maximum absolute atomic E-state index is 11.3. The van der Waals surface area contributed by atoms with Crippen LogP contribution in [-0.4, -0.2) is 17.0 Å². The molecule has 0 radical (unpaired) electrons. The maximum Gasteiger partial charge on any atom is 0.313 e. The van der Waals surface area contributed by atoms with Crippen molar-refractivity contribution in [2.24, 2.45) is 17.8 Å². The fourth-order valence-corrected chi connectivity index (χ4v) is 1.00. The molecule has 0 rings (SSSR count). The number of ether oxygens (including phenoxy) is 1. The topological polar surface area (TPSA) is 63.6 Å². The van der Waals surface area contributed by atoms with Crippen LogP contribution in [0.1, 0.15) is 61.8 Å². The van der Waals surface area contributed by atoms with Gasteiger partial charge in [-0.05, 0) is 31.8 Å². The quantitative estimate of drug-likeness (QED) is 0.606. The zero-order valence-corrected chi connectivity index (χ0v) is 14.1. The minimum atomic E-state index is -0.741. The van der Waals surface area contributed by atoms with Crippen molar-refractivity contribution in [3.8, 4) is 0 Å². The van der Waals surface area contributed by atoms with E-state index in [1.54, 1.807) is 13.8 Å². The van der Waals surface area contributed by atoms with Gasteiger partial charge in [-0.1, -0.05) is 41.5 Å². The summed E-state index contributed by atoms with van der Waals surface area (Å²) >= 11 is 0. The molecule has 4 nitrogen and oxygen atoms in total. The second kappa shape index (κ2) is 10.5. The number of aliphatic carboxylic acids is 1. The number of esters is 1. The molecule has 1 unspecified atom stereocenters. The van der Waals surface area contributed by atoms with Crippen LogP contribution in [0.25, 0.3) is 0 Å². The number of hydrogen-bond acceptors (Lipinski definition) is 3. The molecule has 1 atom stereocenters. The number of allylic oxidation sites excluding steroid dienone is 2. The van der Waals surface area contributed by atoms with Crippen molar-refractivity contribution in [3.05, 3.63) is 11.3 Å². The van der Waals surface area contributed by atoms with Gasteiger partial charge in [-0.2, -0.15) is 0 Å². The molecule has 0 bridgehead atoms. The smallest absolute Gasteiger partial charge is 0.313 e. The molecule has 0 aromatic heterocycles. The second-order valence-corrected chi connectivity index (χ2v) is 5.62. The Balaban J connectivity index is 0. The van der Waals surface area contributed by atoms with E-state index in [4.69, 9.17) is 9.84 Å². The lowest BCUT2D eigenvalue weighted by Crippen LogP contribution is -2.12. The van der Waals surface area contributed by atoms with Gasteiger partial charge < -0.3 is 9.84 Å². The summed E-state index contributed by atoms with van der Waals surface area (Å²) < 4.78 is 5.24. The average molecular weight is 286 g/mol. The Hall–Kier alpha value is -1.32. The van der Waals surface area contributed by atoms with E-state index in [0.717, 1.165) is 12.2 Å². The normalized spacial score (nSPS) is 13.3. The van der Waals surface area contributed by atoms with Crippen molar-refractivity contribution < 1.29 is 19.4 Å². The van der Waals surface area contributed by atoms with Crippen LogP contribution < -0.4 is 0 Å². The minimum absolute atomic E-state index is 0.0605. The summed E-state index contributed by atoms with van der Waals surface area (Å²) in [7, 11) is 0. The van der Waals surface area contributed by atoms with E-state index in [2.05, 4.69) is 13.8 Å². The van der Waals surface area contributed by atoms with Crippen molar-refractivity contribution in [3.63, 3.8) is 0 Å². The first-order valence-electron chi connectivity index (χ1n) is 7.16. The van der Waals surface area contributed by atoms with Crippen molar-refractivity contribution in [1.29, 1.82) is 0 Å². The highest BCUT2D eigenvalue weighted by molar-refractivity contribution is 5.72. The molecule has 0 fully saturated rings. The van der Waals surface area contributed by atoms with Crippen LogP contribution in [-0.2, 0) is 14.3 Å². The molecule has 0 saturated carbocycles. The third-order valence-corrected chi connectivity index (χ3v) is 3.13. The van der Waals surface area contributed by atoms with E-state index in [0.29, 0.717) is 5.92 Å². The molecular weight excluding hydrogens is 256 g/mol. The fraction of sp³-hybridized carbons (Fsp3) is 0.750. The molecule has 0 aliphatic heterocycles. The molecule has 4 heteroatoms. The van der Waals surface area contributed by atoms with Crippen molar-refractivity contribution >= 4 is 11.9 Å². The first-order chi connectivity index (χ1) is 9.04. The van der Waals surface area contributed by atoms with Crippen LogP contribution >= 0.6 is 0 Å². The molecule has 0 aliphatic rings. The fourth-order valence-electron chi connectivity index (χ4n) is 1.00. The third-order valence-electron chi connectivity index (χ3n) is 3.13. The predicted octanol–water partition coefficient (Wildman–Crippen LogP) is 4.25. The number of carboxylic acids is 1. The highest BCUT2D eigenvalue weighted by Crippen LogP contribution is 2.19. The molecule has 0 saturated heterocycles. The zero-order chi connectivity index (χ0) is 16.5.